The van der Waals surface area contributed by atoms with Gasteiger partial charge in [0, 0.05) is 19.1 Å². The smallest absolute Gasteiger partial charge is 0.308 e. The monoisotopic (exact) mass is 254 g/mol. The van der Waals surface area contributed by atoms with Crippen molar-refractivity contribution in [3.63, 3.8) is 0 Å². The molecule has 2 aliphatic rings. The number of carbonyl (C=O) groups excluding carboxylic acids is 1. The molecule has 3 unspecified atom stereocenters. The topological polar surface area (TPSA) is 69.6 Å². The highest BCUT2D eigenvalue weighted by Crippen LogP contribution is 2.35. The first kappa shape index (κ1) is 13.3. The molecule has 3 atom stereocenters. The Morgan fingerprint density at radius 3 is 2.67 bits per heavy atom. The van der Waals surface area contributed by atoms with Gasteiger partial charge in [0.25, 0.3) is 0 Å². The molecular formula is C13H22N2O3. The molecule has 1 amide bonds. The summed E-state index contributed by atoms with van der Waals surface area (Å²) in [7, 11) is 0. The van der Waals surface area contributed by atoms with Crippen LogP contribution in [0.15, 0.2) is 0 Å². The molecule has 0 radical (unpaired) electrons. The van der Waals surface area contributed by atoms with Crippen LogP contribution in [0.4, 0.5) is 0 Å². The summed E-state index contributed by atoms with van der Waals surface area (Å²) in [5.74, 6) is -1.05. The molecule has 0 aromatic carbocycles. The molecule has 18 heavy (non-hydrogen) atoms. The maximum absolute atomic E-state index is 12.7. The number of rotatable bonds is 3. The number of aliphatic carboxylic acids is 1. The number of nitrogens with zero attached hydrogens (tertiary/aromatic N) is 1. The predicted molar refractivity (Wildman–Crippen MR) is 67.1 cm³/mol. The van der Waals surface area contributed by atoms with Crippen molar-refractivity contribution in [2.75, 3.05) is 19.6 Å². The molecule has 0 saturated carbocycles. The second kappa shape index (κ2) is 4.88. The van der Waals surface area contributed by atoms with Crippen LogP contribution in [-0.4, -0.2) is 47.6 Å². The van der Waals surface area contributed by atoms with Gasteiger partial charge < -0.3 is 15.3 Å². The summed E-state index contributed by atoms with van der Waals surface area (Å²) in [4.78, 5) is 25.6. The zero-order valence-corrected chi connectivity index (χ0v) is 11.1. The summed E-state index contributed by atoms with van der Waals surface area (Å²) in [5, 5.41) is 12.4. The Morgan fingerprint density at radius 2 is 2.22 bits per heavy atom. The fourth-order valence-electron chi connectivity index (χ4n) is 3.24. The molecule has 0 aromatic rings. The van der Waals surface area contributed by atoms with Crippen LogP contribution in [0.3, 0.4) is 0 Å². The number of likely N-dealkylation sites (tertiary alicyclic amines) is 1. The number of hydrogen-bond donors (Lipinski definition) is 2. The van der Waals surface area contributed by atoms with E-state index in [1.54, 1.807) is 4.90 Å². The van der Waals surface area contributed by atoms with Gasteiger partial charge in [0.2, 0.25) is 5.91 Å². The second-order valence-electron chi connectivity index (χ2n) is 5.53. The fraction of sp³-hybridized carbons (Fsp3) is 0.846. The van der Waals surface area contributed by atoms with Gasteiger partial charge in [-0.25, -0.2) is 0 Å². The van der Waals surface area contributed by atoms with Gasteiger partial charge in [-0.1, -0.05) is 6.92 Å². The molecule has 2 aliphatic heterocycles. The Kier molecular flexibility index (Phi) is 3.61. The minimum absolute atomic E-state index is 0.145. The van der Waals surface area contributed by atoms with E-state index >= 15 is 0 Å². The van der Waals surface area contributed by atoms with Crippen LogP contribution in [0, 0.1) is 11.3 Å². The Balaban J connectivity index is 2.12. The van der Waals surface area contributed by atoms with E-state index < -0.39 is 11.9 Å². The third-order valence-corrected chi connectivity index (χ3v) is 4.71. The number of carboxylic acid groups (broad SMARTS) is 1. The zero-order valence-electron chi connectivity index (χ0n) is 11.1. The van der Waals surface area contributed by atoms with Crippen LogP contribution in [0.2, 0.25) is 0 Å². The van der Waals surface area contributed by atoms with Crippen LogP contribution < -0.4 is 5.32 Å². The number of nitrogens with one attached hydrogen (secondary N) is 1. The molecule has 0 aliphatic carbocycles. The van der Waals surface area contributed by atoms with Gasteiger partial charge in [-0.15, -0.1) is 0 Å². The molecule has 2 N–H and O–H groups in total. The predicted octanol–water partition coefficient (Wildman–Crippen LogP) is 0.698. The van der Waals surface area contributed by atoms with Crippen molar-refractivity contribution >= 4 is 11.9 Å². The minimum atomic E-state index is -0.784. The summed E-state index contributed by atoms with van der Waals surface area (Å²) < 4.78 is 0. The van der Waals surface area contributed by atoms with Crippen molar-refractivity contribution in [3.8, 4) is 0 Å². The van der Waals surface area contributed by atoms with E-state index in [4.69, 9.17) is 5.11 Å². The number of hydrogen-bond acceptors (Lipinski definition) is 3. The van der Waals surface area contributed by atoms with Crippen molar-refractivity contribution in [2.24, 2.45) is 11.3 Å². The molecule has 0 aromatic heterocycles. The molecule has 2 saturated heterocycles. The fourth-order valence-corrected chi connectivity index (χ4v) is 3.24. The lowest BCUT2D eigenvalue weighted by Crippen LogP contribution is -2.47. The summed E-state index contributed by atoms with van der Waals surface area (Å²) in [6.45, 7) is 6.09. The first-order chi connectivity index (χ1) is 8.52. The highest BCUT2D eigenvalue weighted by atomic mass is 16.4. The average Bonchev–Trinajstić information content (AvgIpc) is 2.95. The average molecular weight is 254 g/mol. The van der Waals surface area contributed by atoms with Crippen molar-refractivity contribution < 1.29 is 14.7 Å². The summed E-state index contributed by atoms with van der Waals surface area (Å²) in [6.07, 6.45) is 2.26. The van der Waals surface area contributed by atoms with Crippen LogP contribution >= 0.6 is 0 Å². The Hall–Kier alpha value is -1.10. The minimum Gasteiger partial charge on any atom is -0.481 e. The standard InChI is InChI=1S/C13H22N2O3/c1-3-13(5-6-14-8-13)12(18)15-7-4-10(9(15)2)11(16)17/h9-10,14H,3-8H2,1-2H3,(H,16,17). The highest BCUT2D eigenvalue weighted by Gasteiger charge is 2.47. The summed E-state index contributed by atoms with van der Waals surface area (Å²) >= 11 is 0. The van der Waals surface area contributed by atoms with Gasteiger partial charge >= 0.3 is 5.97 Å². The van der Waals surface area contributed by atoms with Gasteiger partial charge in [0.15, 0.2) is 0 Å². The van der Waals surface area contributed by atoms with E-state index in [9.17, 15) is 9.59 Å². The molecule has 5 heteroatoms. The van der Waals surface area contributed by atoms with E-state index in [1.165, 1.54) is 0 Å². The Bertz CT molecular complexity index is 350. The summed E-state index contributed by atoms with van der Waals surface area (Å²) in [6, 6.07) is -0.181. The quantitative estimate of drug-likeness (QED) is 0.778. The van der Waals surface area contributed by atoms with Crippen molar-refractivity contribution in [1.29, 1.82) is 0 Å². The van der Waals surface area contributed by atoms with Crippen LogP contribution in [0.1, 0.15) is 33.1 Å². The van der Waals surface area contributed by atoms with Crippen molar-refractivity contribution in [2.45, 2.75) is 39.2 Å². The van der Waals surface area contributed by atoms with E-state index in [0.717, 1.165) is 25.9 Å². The maximum atomic E-state index is 12.7. The normalized spacial score (nSPS) is 36.0. The molecule has 5 nitrogen and oxygen atoms in total. The number of carbonyl (C=O) groups is 2. The lowest BCUT2D eigenvalue weighted by atomic mass is 9.82. The van der Waals surface area contributed by atoms with Gasteiger partial charge in [0.05, 0.1) is 11.3 Å². The van der Waals surface area contributed by atoms with Gasteiger partial charge in [0.1, 0.15) is 0 Å². The molecule has 0 spiro atoms. The third-order valence-electron chi connectivity index (χ3n) is 4.71. The van der Waals surface area contributed by atoms with Crippen LogP contribution in [0.5, 0.6) is 0 Å². The molecular weight excluding hydrogens is 232 g/mol. The Morgan fingerprint density at radius 1 is 1.50 bits per heavy atom. The van der Waals surface area contributed by atoms with E-state index in [-0.39, 0.29) is 17.4 Å². The SMILES string of the molecule is CCC1(C(=O)N2CCC(C(=O)O)C2C)CCNC1. The first-order valence-corrected chi connectivity index (χ1v) is 6.76. The summed E-state index contributed by atoms with van der Waals surface area (Å²) in [5.41, 5.74) is -0.304. The van der Waals surface area contributed by atoms with Crippen LogP contribution in [-0.2, 0) is 9.59 Å². The maximum Gasteiger partial charge on any atom is 0.308 e. The third kappa shape index (κ3) is 2.00. The lowest BCUT2D eigenvalue weighted by Gasteiger charge is -2.33. The number of carboxylic acids is 1. The highest BCUT2D eigenvalue weighted by molar-refractivity contribution is 5.85. The Labute approximate surface area is 108 Å². The molecule has 2 heterocycles. The van der Waals surface area contributed by atoms with Gasteiger partial charge in [-0.3, -0.25) is 9.59 Å². The van der Waals surface area contributed by atoms with E-state index in [0.29, 0.717) is 13.0 Å². The largest absolute Gasteiger partial charge is 0.481 e. The molecule has 0 bridgehead atoms. The number of amides is 1. The molecule has 2 rings (SSSR count). The van der Waals surface area contributed by atoms with Crippen molar-refractivity contribution in [3.05, 3.63) is 0 Å². The van der Waals surface area contributed by atoms with E-state index in [1.807, 2.05) is 13.8 Å². The molecule has 2 fully saturated rings. The van der Waals surface area contributed by atoms with Gasteiger partial charge in [-0.05, 0) is 32.7 Å². The van der Waals surface area contributed by atoms with E-state index in [2.05, 4.69) is 5.32 Å². The first-order valence-electron chi connectivity index (χ1n) is 6.76. The van der Waals surface area contributed by atoms with Crippen molar-refractivity contribution in [1.82, 2.24) is 10.2 Å². The van der Waals surface area contributed by atoms with Crippen LogP contribution in [0.25, 0.3) is 0 Å². The van der Waals surface area contributed by atoms with Gasteiger partial charge in [-0.2, -0.15) is 0 Å². The molecule has 102 valence electrons. The lowest BCUT2D eigenvalue weighted by molar-refractivity contribution is -0.145. The second-order valence-corrected chi connectivity index (χ2v) is 5.53. The zero-order chi connectivity index (χ0) is 13.3.